The van der Waals surface area contributed by atoms with Crippen molar-refractivity contribution in [2.75, 3.05) is 39.3 Å². The first-order valence-corrected chi connectivity index (χ1v) is 7.81. The second-order valence-electron chi connectivity index (χ2n) is 6.24. The van der Waals surface area contributed by atoms with Crippen molar-refractivity contribution in [2.24, 2.45) is 11.8 Å². The molecule has 0 aliphatic carbocycles. The molecule has 0 aromatic carbocycles. The second kappa shape index (κ2) is 6.33. The second-order valence-corrected chi connectivity index (χ2v) is 6.24. The van der Waals surface area contributed by atoms with E-state index in [4.69, 9.17) is 0 Å². The van der Waals surface area contributed by atoms with E-state index >= 15 is 0 Å². The predicted molar refractivity (Wildman–Crippen MR) is 74.8 cm³/mol. The Morgan fingerprint density at radius 3 is 1.56 bits per heavy atom. The zero-order valence-electron chi connectivity index (χ0n) is 11.4. The molecule has 0 aromatic heterocycles. The molecule has 18 heavy (non-hydrogen) atoms. The molecule has 0 radical (unpaired) electrons. The molecule has 4 heteroatoms. The predicted octanol–water partition coefficient (Wildman–Crippen LogP) is -0.0844. The van der Waals surface area contributed by atoms with Crippen molar-refractivity contribution in [1.29, 1.82) is 0 Å². The van der Waals surface area contributed by atoms with E-state index in [0.717, 1.165) is 23.9 Å². The summed E-state index contributed by atoms with van der Waals surface area (Å²) in [5.41, 5.74) is 0. The van der Waals surface area contributed by atoms with Crippen molar-refractivity contribution in [3.63, 3.8) is 0 Å². The van der Waals surface area contributed by atoms with E-state index in [2.05, 4.69) is 21.3 Å². The van der Waals surface area contributed by atoms with Crippen LogP contribution < -0.4 is 21.3 Å². The smallest absolute Gasteiger partial charge is 0.0232 e. The normalized spacial score (nSPS) is 42.7. The number of hydrogen-bond acceptors (Lipinski definition) is 4. The van der Waals surface area contributed by atoms with Crippen LogP contribution in [-0.4, -0.2) is 51.4 Å². The van der Waals surface area contributed by atoms with Crippen molar-refractivity contribution >= 4 is 0 Å². The summed E-state index contributed by atoms with van der Waals surface area (Å²) < 4.78 is 0. The van der Waals surface area contributed by atoms with E-state index in [1.165, 1.54) is 65.0 Å². The molecule has 4 heterocycles. The minimum atomic E-state index is 0.804. The van der Waals surface area contributed by atoms with Crippen molar-refractivity contribution in [3.05, 3.63) is 0 Å². The molecule has 0 spiro atoms. The van der Waals surface area contributed by atoms with Crippen LogP contribution in [0.4, 0.5) is 0 Å². The average molecular weight is 252 g/mol. The largest absolute Gasteiger partial charge is 0.315 e. The minimum Gasteiger partial charge on any atom is -0.315 e. The Morgan fingerprint density at radius 2 is 1.11 bits per heavy atom. The Kier molecular flexibility index (Phi) is 4.52. The molecule has 4 rings (SSSR count). The third-order valence-corrected chi connectivity index (χ3v) is 5.00. The zero-order chi connectivity index (χ0) is 12.2. The number of rotatable bonds is 0. The first-order chi connectivity index (χ1) is 8.93. The summed E-state index contributed by atoms with van der Waals surface area (Å²) in [6, 6.07) is 1.61. The molecule has 4 aliphatic heterocycles. The maximum atomic E-state index is 3.52. The van der Waals surface area contributed by atoms with Gasteiger partial charge >= 0.3 is 0 Å². The lowest BCUT2D eigenvalue weighted by Gasteiger charge is -2.24. The topological polar surface area (TPSA) is 48.1 Å². The summed E-state index contributed by atoms with van der Waals surface area (Å²) in [5, 5.41) is 13.8. The lowest BCUT2D eigenvalue weighted by molar-refractivity contribution is 0.339. The molecule has 4 fully saturated rings. The SMILES string of the molecule is C1CNC2CNCC2C1.C1CNC2CNCC2C1. The molecule has 4 saturated heterocycles. The Labute approximate surface area is 111 Å². The van der Waals surface area contributed by atoms with Gasteiger partial charge < -0.3 is 21.3 Å². The van der Waals surface area contributed by atoms with Gasteiger partial charge in [0, 0.05) is 25.2 Å². The summed E-state index contributed by atoms with van der Waals surface area (Å²) in [4.78, 5) is 0. The number of fused-ring (bicyclic) bond motifs is 2. The highest BCUT2D eigenvalue weighted by molar-refractivity contribution is 4.90. The summed E-state index contributed by atoms with van der Waals surface area (Å²) in [5.74, 6) is 1.89. The van der Waals surface area contributed by atoms with E-state index in [1.807, 2.05) is 0 Å². The number of nitrogens with one attached hydrogen (secondary N) is 4. The van der Waals surface area contributed by atoms with Gasteiger partial charge in [0.25, 0.3) is 0 Å². The number of piperidine rings is 2. The molecule has 104 valence electrons. The van der Waals surface area contributed by atoms with Crippen LogP contribution in [0.3, 0.4) is 0 Å². The van der Waals surface area contributed by atoms with Crippen LogP contribution in [0.15, 0.2) is 0 Å². The molecule has 0 saturated carbocycles. The van der Waals surface area contributed by atoms with Crippen LogP contribution in [0.2, 0.25) is 0 Å². The molecule has 4 aliphatic rings. The molecular weight excluding hydrogens is 224 g/mol. The zero-order valence-corrected chi connectivity index (χ0v) is 11.4. The highest BCUT2D eigenvalue weighted by Crippen LogP contribution is 2.19. The van der Waals surface area contributed by atoms with Crippen LogP contribution in [0.25, 0.3) is 0 Å². The summed E-state index contributed by atoms with van der Waals surface area (Å²) >= 11 is 0. The van der Waals surface area contributed by atoms with E-state index in [-0.39, 0.29) is 0 Å². The van der Waals surface area contributed by atoms with Crippen LogP contribution >= 0.6 is 0 Å². The molecule has 0 aromatic rings. The third-order valence-electron chi connectivity index (χ3n) is 5.00. The lowest BCUT2D eigenvalue weighted by Crippen LogP contribution is -2.40. The number of hydrogen-bond donors (Lipinski definition) is 4. The van der Waals surface area contributed by atoms with Gasteiger partial charge in [-0.25, -0.2) is 0 Å². The monoisotopic (exact) mass is 252 g/mol. The Balaban J connectivity index is 0.000000111. The van der Waals surface area contributed by atoms with Crippen molar-refractivity contribution in [1.82, 2.24) is 21.3 Å². The van der Waals surface area contributed by atoms with Gasteiger partial charge in [-0.3, -0.25) is 0 Å². The van der Waals surface area contributed by atoms with Gasteiger partial charge in [0.1, 0.15) is 0 Å². The molecule has 4 unspecified atom stereocenters. The highest BCUT2D eigenvalue weighted by Gasteiger charge is 2.29. The first kappa shape index (κ1) is 12.9. The van der Waals surface area contributed by atoms with Crippen LogP contribution in [0, 0.1) is 11.8 Å². The maximum Gasteiger partial charge on any atom is 0.0232 e. The molecule has 0 bridgehead atoms. The first-order valence-electron chi connectivity index (χ1n) is 7.81. The van der Waals surface area contributed by atoms with Crippen molar-refractivity contribution in [2.45, 2.75) is 37.8 Å². The summed E-state index contributed by atoms with van der Waals surface area (Å²) in [6.07, 6.45) is 5.63. The molecule has 4 atom stereocenters. The van der Waals surface area contributed by atoms with Gasteiger partial charge in [-0.05, 0) is 63.7 Å². The van der Waals surface area contributed by atoms with Crippen LogP contribution in [-0.2, 0) is 0 Å². The Hall–Kier alpha value is -0.160. The fraction of sp³-hybridized carbons (Fsp3) is 1.00. The van der Waals surface area contributed by atoms with Gasteiger partial charge in [-0.2, -0.15) is 0 Å². The maximum absolute atomic E-state index is 3.52. The lowest BCUT2D eigenvalue weighted by atomic mass is 9.94. The van der Waals surface area contributed by atoms with Gasteiger partial charge in [0.15, 0.2) is 0 Å². The van der Waals surface area contributed by atoms with Gasteiger partial charge in [-0.15, -0.1) is 0 Å². The van der Waals surface area contributed by atoms with Crippen molar-refractivity contribution < 1.29 is 0 Å². The molecule has 0 amide bonds. The van der Waals surface area contributed by atoms with E-state index < -0.39 is 0 Å². The van der Waals surface area contributed by atoms with Gasteiger partial charge in [-0.1, -0.05) is 0 Å². The standard InChI is InChI=1S/2C7H14N2/c2*1-2-6-4-8-5-7(6)9-3-1/h2*6-9H,1-5H2. The van der Waals surface area contributed by atoms with E-state index in [9.17, 15) is 0 Å². The quantitative estimate of drug-likeness (QED) is 0.487. The van der Waals surface area contributed by atoms with Gasteiger partial charge in [0.2, 0.25) is 0 Å². The molecule has 4 nitrogen and oxygen atoms in total. The molecule has 4 N–H and O–H groups in total. The average Bonchev–Trinajstić information content (AvgIpc) is 3.08. The highest BCUT2D eigenvalue weighted by atomic mass is 15.1. The third kappa shape index (κ3) is 3.05. The summed E-state index contributed by atoms with van der Waals surface area (Å²) in [7, 11) is 0. The van der Waals surface area contributed by atoms with E-state index in [1.54, 1.807) is 0 Å². The summed E-state index contributed by atoms with van der Waals surface area (Å²) in [6.45, 7) is 7.37. The Morgan fingerprint density at radius 1 is 0.611 bits per heavy atom. The fourth-order valence-corrected chi connectivity index (χ4v) is 3.85. The van der Waals surface area contributed by atoms with Crippen LogP contribution in [0.1, 0.15) is 25.7 Å². The van der Waals surface area contributed by atoms with Crippen LogP contribution in [0.5, 0.6) is 0 Å². The van der Waals surface area contributed by atoms with Gasteiger partial charge in [0.05, 0.1) is 0 Å². The van der Waals surface area contributed by atoms with Crippen molar-refractivity contribution in [3.8, 4) is 0 Å². The minimum absolute atomic E-state index is 0.804. The molecular formula is C14H28N4. The Bertz CT molecular complexity index is 208. The van der Waals surface area contributed by atoms with E-state index in [0.29, 0.717) is 0 Å². The fourth-order valence-electron chi connectivity index (χ4n) is 3.85.